The molecule has 1 heterocycles. The highest BCUT2D eigenvalue weighted by Gasteiger charge is 2.29. The van der Waals surface area contributed by atoms with E-state index in [4.69, 9.17) is 16.2 Å². The van der Waals surface area contributed by atoms with Crippen molar-refractivity contribution in [3.8, 4) is 0 Å². The summed E-state index contributed by atoms with van der Waals surface area (Å²) in [4.78, 5) is 25.2. The number of benzene rings is 1. The van der Waals surface area contributed by atoms with Crippen LogP contribution in [0.5, 0.6) is 0 Å². The number of rotatable bonds is 4. The lowest BCUT2D eigenvalue weighted by Gasteiger charge is -2.32. The Labute approximate surface area is 123 Å². The van der Waals surface area contributed by atoms with E-state index in [-0.39, 0.29) is 19.1 Å². The molecule has 5 N–H and O–H groups in total. The summed E-state index contributed by atoms with van der Waals surface area (Å²) in [5.41, 5.74) is 13.2. The first-order valence-corrected chi connectivity index (χ1v) is 6.74. The topological polar surface area (TPSA) is 111 Å². The molecule has 1 saturated heterocycles. The summed E-state index contributed by atoms with van der Waals surface area (Å²) in [6.07, 6.45) is 0. The fourth-order valence-corrected chi connectivity index (χ4v) is 2.29. The maximum atomic E-state index is 12.1. The normalized spacial score (nSPS) is 19.2. The highest BCUT2D eigenvalue weighted by atomic mass is 16.5. The Bertz CT molecular complexity index is 547. The van der Waals surface area contributed by atoms with Gasteiger partial charge in [0.25, 0.3) is 0 Å². The molecule has 1 aromatic rings. The van der Waals surface area contributed by atoms with Crippen molar-refractivity contribution in [2.75, 3.05) is 37.4 Å². The van der Waals surface area contributed by atoms with Crippen LogP contribution in [0.4, 0.5) is 11.4 Å². The van der Waals surface area contributed by atoms with Gasteiger partial charge in [0.05, 0.1) is 19.8 Å². The van der Waals surface area contributed by atoms with Gasteiger partial charge in [-0.2, -0.15) is 0 Å². The maximum Gasteiger partial charge on any atom is 0.238 e. The standard InChI is InChI=1S/C14H20N4O3/c1-9-6-10(15)2-3-11(9)17-13(19)7-18-4-5-21-8-12(18)14(16)20/h2-3,6,12H,4-5,7-8,15H2,1H3,(H2,16,20)(H,17,19). The Kier molecular flexibility index (Phi) is 4.77. The monoisotopic (exact) mass is 292 g/mol. The Balaban J connectivity index is 1.98. The molecule has 7 nitrogen and oxygen atoms in total. The number of primary amides is 1. The SMILES string of the molecule is Cc1cc(N)ccc1NC(=O)CN1CCOCC1C(N)=O. The van der Waals surface area contributed by atoms with E-state index in [1.165, 1.54) is 0 Å². The van der Waals surface area contributed by atoms with Crippen LogP contribution in [0.1, 0.15) is 5.56 Å². The number of amides is 2. The molecule has 1 aromatic carbocycles. The third-order valence-corrected chi connectivity index (χ3v) is 3.44. The van der Waals surface area contributed by atoms with E-state index in [9.17, 15) is 9.59 Å². The van der Waals surface area contributed by atoms with E-state index in [0.29, 0.717) is 24.5 Å². The van der Waals surface area contributed by atoms with Crippen LogP contribution >= 0.6 is 0 Å². The molecular weight excluding hydrogens is 272 g/mol. The second-order valence-corrected chi connectivity index (χ2v) is 5.09. The highest BCUT2D eigenvalue weighted by Crippen LogP contribution is 2.17. The van der Waals surface area contributed by atoms with E-state index in [1.54, 1.807) is 23.1 Å². The Morgan fingerprint density at radius 1 is 1.48 bits per heavy atom. The van der Waals surface area contributed by atoms with Crippen LogP contribution in [0.15, 0.2) is 18.2 Å². The minimum atomic E-state index is -0.558. The van der Waals surface area contributed by atoms with Crippen molar-refractivity contribution in [2.45, 2.75) is 13.0 Å². The first-order chi connectivity index (χ1) is 9.97. The number of aryl methyl sites for hydroxylation is 1. The van der Waals surface area contributed by atoms with E-state index in [2.05, 4.69) is 5.32 Å². The summed E-state index contributed by atoms with van der Waals surface area (Å²) >= 11 is 0. The zero-order chi connectivity index (χ0) is 15.4. The number of ether oxygens (including phenoxy) is 1. The first kappa shape index (κ1) is 15.3. The molecule has 0 bridgehead atoms. The van der Waals surface area contributed by atoms with Gasteiger partial charge in [0.1, 0.15) is 6.04 Å². The molecule has 0 radical (unpaired) electrons. The van der Waals surface area contributed by atoms with E-state index >= 15 is 0 Å². The van der Waals surface area contributed by atoms with Crippen LogP contribution in [0.2, 0.25) is 0 Å². The molecule has 0 aliphatic carbocycles. The van der Waals surface area contributed by atoms with Crippen molar-refractivity contribution in [1.82, 2.24) is 4.90 Å². The fourth-order valence-electron chi connectivity index (χ4n) is 2.29. The Hall–Kier alpha value is -2.12. The molecule has 0 saturated carbocycles. The zero-order valence-electron chi connectivity index (χ0n) is 12.0. The number of anilines is 2. The smallest absolute Gasteiger partial charge is 0.238 e. The van der Waals surface area contributed by atoms with Crippen molar-refractivity contribution in [1.29, 1.82) is 0 Å². The van der Waals surface area contributed by atoms with E-state index in [0.717, 1.165) is 5.56 Å². The molecule has 2 rings (SSSR count). The van der Waals surface area contributed by atoms with Gasteiger partial charge in [0, 0.05) is 17.9 Å². The number of carbonyl (C=O) groups is 2. The highest BCUT2D eigenvalue weighted by molar-refractivity contribution is 5.93. The number of nitrogens with one attached hydrogen (secondary N) is 1. The molecule has 1 fully saturated rings. The summed E-state index contributed by atoms with van der Waals surface area (Å²) in [5.74, 6) is -0.679. The number of nitrogens with two attached hydrogens (primary N) is 2. The molecule has 1 aliphatic rings. The summed E-state index contributed by atoms with van der Waals surface area (Å²) in [7, 11) is 0. The van der Waals surface area contributed by atoms with Gasteiger partial charge in [0.2, 0.25) is 11.8 Å². The largest absolute Gasteiger partial charge is 0.399 e. The number of carbonyl (C=O) groups excluding carboxylic acids is 2. The van der Waals surface area contributed by atoms with Gasteiger partial charge < -0.3 is 21.5 Å². The predicted octanol–water partition coefficient (Wildman–Crippen LogP) is -0.298. The lowest BCUT2D eigenvalue weighted by atomic mass is 10.1. The minimum Gasteiger partial charge on any atom is -0.399 e. The molecule has 7 heteroatoms. The molecule has 21 heavy (non-hydrogen) atoms. The van der Waals surface area contributed by atoms with Crippen molar-refractivity contribution in [3.05, 3.63) is 23.8 Å². The van der Waals surface area contributed by atoms with Crippen LogP contribution in [0.3, 0.4) is 0 Å². The van der Waals surface area contributed by atoms with Crippen molar-refractivity contribution in [2.24, 2.45) is 5.73 Å². The van der Waals surface area contributed by atoms with Crippen LogP contribution in [-0.4, -0.2) is 49.1 Å². The quantitative estimate of drug-likeness (QED) is 0.660. The number of morpholine rings is 1. The van der Waals surface area contributed by atoms with Gasteiger partial charge in [-0.3, -0.25) is 14.5 Å². The molecule has 114 valence electrons. The minimum absolute atomic E-state index is 0.0980. The van der Waals surface area contributed by atoms with Crippen LogP contribution < -0.4 is 16.8 Å². The average molecular weight is 292 g/mol. The van der Waals surface area contributed by atoms with Crippen molar-refractivity contribution in [3.63, 3.8) is 0 Å². The third kappa shape index (κ3) is 3.93. The Morgan fingerprint density at radius 3 is 2.90 bits per heavy atom. The number of nitrogen functional groups attached to an aromatic ring is 1. The molecule has 0 aromatic heterocycles. The average Bonchev–Trinajstić information content (AvgIpc) is 2.42. The second-order valence-electron chi connectivity index (χ2n) is 5.09. The number of hydrogen-bond acceptors (Lipinski definition) is 5. The fraction of sp³-hybridized carbons (Fsp3) is 0.429. The third-order valence-electron chi connectivity index (χ3n) is 3.44. The zero-order valence-corrected chi connectivity index (χ0v) is 12.0. The lowest BCUT2D eigenvalue weighted by molar-refractivity contribution is -0.131. The number of hydrogen-bond donors (Lipinski definition) is 3. The lowest BCUT2D eigenvalue weighted by Crippen LogP contribution is -2.54. The predicted molar refractivity (Wildman–Crippen MR) is 79.6 cm³/mol. The molecule has 0 spiro atoms. The molecule has 1 atom stereocenters. The number of nitrogens with zero attached hydrogens (tertiary/aromatic N) is 1. The van der Waals surface area contributed by atoms with Gasteiger partial charge >= 0.3 is 0 Å². The summed E-state index contributed by atoms with van der Waals surface area (Å²) < 4.78 is 5.22. The van der Waals surface area contributed by atoms with Gasteiger partial charge in [-0.15, -0.1) is 0 Å². The van der Waals surface area contributed by atoms with Crippen LogP contribution in [0, 0.1) is 6.92 Å². The van der Waals surface area contributed by atoms with Crippen LogP contribution in [0.25, 0.3) is 0 Å². The van der Waals surface area contributed by atoms with E-state index in [1.807, 2.05) is 6.92 Å². The Morgan fingerprint density at radius 2 is 2.24 bits per heavy atom. The molecule has 1 aliphatic heterocycles. The van der Waals surface area contributed by atoms with Crippen LogP contribution in [-0.2, 0) is 14.3 Å². The van der Waals surface area contributed by atoms with E-state index < -0.39 is 11.9 Å². The molecular formula is C14H20N4O3. The van der Waals surface area contributed by atoms with Gasteiger partial charge in [-0.1, -0.05) is 0 Å². The van der Waals surface area contributed by atoms with Gasteiger partial charge in [-0.05, 0) is 30.7 Å². The second kappa shape index (κ2) is 6.55. The van der Waals surface area contributed by atoms with Crippen molar-refractivity contribution < 1.29 is 14.3 Å². The maximum absolute atomic E-state index is 12.1. The van der Waals surface area contributed by atoms with Gasteiger partial charge in [-0.25, -0.2) is 0 Å². The summed E-state index contributed by atoms with van der Waals surface area (Å²) in [5, 5.41) is 2.82. The summed E-state index contributed by atoms with van der Waals surface area (Å²) in [6, 6.07) is 4.71. The first-order valence-electron chi connectivity index (χ1n) is 6.74. The molecule has 1 unspecified atom stereocenters. The van der Waals surface area contributed by atoms with Crippen molar-refractivity contribution >= 4 is 23.2 Å². The summed E-state index contributed by atoms with van der Waals surface area (Å²) in [6.45, 7) is 3.18. The van der Waals surface area contributed by atoms with Gasteiger partial charge in [0.15, 0.2) is 0 Å². The molecule has 2 amide bonds.